The van der Waals surface area contributed by atoms with Gasteiger partial charge in [-0.3, -0.25) is 4.79 Å². The highest BCUT2D eigenvalue weighted by molar-refractivity contribution is 5.67. The number of aryl methyl sites for hydroxylation is 2. The number of carbonyl (C=O) groups is 1. The minimum atomic E-state index is -4.50. The van der Waals surface area contributed by atoms with E-state index in [1.54, 1.807) is 30.3 Å². The minimum Gasteiger partial charge on any atom is -0.491 e. The summed E-state index contributed by atoms with van der Waals surface area (Å²) >= 11 is 0. The molecule has 0 heterocycles. The fraction of sp³-hybridized carbons (Fsp3) is 0.321. The van der Waals surface area contributed by atoms with Crippen molar-refractivity contribution in [3.8, 4) is 23.0 Å². The number of carboxylic acid groups (broad SMARTS) is 1. The molecule has 0 unspecified atom stereocenters. The van der Waals surface area contributed by atoms with Crippen LogP contribution in [-0.2, 0) is 23.8 Å². The molecule has 8 heteroatoms. The zero-order valence-corrected chi connectivity index (χ0v) is 20.2. The van der Waals surface area contributed by atoms with E-state index in [0.29, 0.717) is 24.3 Å². The Hall–Kier alpha value is -3.68. The Morgan fingerprint density at radius 1 is 0.944 bits per heavy atom. The van der Waals surface area contributed by atoms with Crippen LogP contribution in [0.4, 0.5) is 13.2 Å². The Labute approximate surface area is 208 Å². The molecule has 0 saturated heterocycles. The van der Waals surface area contributed by atoms with Crippen molar-refractivity contribution in [2.75, 3.05) is 6.61 Å². The number of aliphatic carboxylic acids is 1. The van der Waals surface area contributed by atoms with Gasteiger partial charge in [0.05, 0.1) is 18.3 Å². The number of hydrogen-bond donors (Lipinski definition) is 1. The van der Waals surface area contributed by atoms with Crippen LogP contribution < -0.4 is 14.2 Å². The van der Waals surface area contributed by atoms with Gasteiger partial charge in [0.1, 0.15) is 11.5 Å². The lowest BCUT2D eigenvalue weighted by atomic mass is 10.0. The first-order valence-corrected chi connectivity index (χ1v) is 11.7. The first-order valence-electron chi connectivity index (χ1n) is 11.7. The van der Waals surface area contributed by atoms with Gasteiger partial charge in [0.25, 0.3) is 0 Å². The van der Waals surface area contributed by atoms with E-state index in [1.807, 2.05) is 32.0 Å². The van der Waals surface area contributed by atoms with Gasteiger partial charge in [0, 0.05) is 12.8 Å². The van der Waals surface area contributed by atoms with E-state index in [0.717, 1.165) is 29.7 Å². The number of carboxylic acids is 1. The second-order valence-corrected chi connectivity index (χ2v) is 8.32. The minimum absolute atomic E-state index is 0.0193. The van der Waals surface area contributed by atoms with Crippen LogP contribution in [0, 0.1) is 0 Å². The van der Waals surface area contributed by atoms with Crippen LogP contribution in [0.15, 0.2) is 66.7 Å². The summed E-state index contributed by atoms with van der Waals surface area (Å²) in [5.74, 6) is 0.415. The molecular formula is C28H29F3O5. The molecule has 0 spiro atoms. The van der Waals surface area contributed by atoms with Crippen LogP contribution in [0.2, 0.25) is 0 Å². The molecule has 3 aromatic rings. The molecule has 0 aliphatic heterocycles. The van der Waals surface area contributed by atoms with Crippen molar-refractivity contribution in [2.24, 2.45) is 0 Å². The van der Waals surface area contributed by atoms with Crippen molar-refractivity contribution in [1.82, 2.24) is 0 Å². The third-order valence-electron chi connectivity index (χ3n) is 5.53. The first-order chi connectivity index (χ1) is 17.2. The van der Waals surface area contributed by atoms with Crippen molar-refractivity contribution < 1.29 is 37.3 Å². The Bertz CT molecular complexity index is 1150. The summed E-state index contributed by atoms with van der Waals surface area (Å²) in [5, 5.41) is 8.92. The van der Waals surface area contributed by atoms with Crippen LogP contribution in [0.25, 0.3) is 0 Å². The van der Waals surface area contributed by atoms with Crippen molar-refractivity contribution >= 4 is 5.97 Å². The second-order valence-electron chi connectivity index (χ2n) is 8.32. The van der Waals surface area contributed by atoms with E-state index in [9.17, 15) is 18.0 Å². The molecule has 36 heavy (non-hydrogen) atoms. The highest BCUT2D eigenvalue weighted by atomic mass is 19.4. The maximum Gasteiger partial charge on any atom is 0.416 e. The predicted molar refractivity (Wildman–Crippen MR) is 130 cm³/mol. The molecule has 3 aromatic carbocycles. The summed E-state index contributed by atoms with van der Waals surface area (Å²) in [6, 6.07) is 17.3. The maximum atomic E-state index is 13.2. The monoisotopic (exact) mass is 502 g/mol. The van der Waals surface area contributed by atoms with Gasteiger partial charge >= 0.3 is 12.1 Å². The third-order valence-corrected chi connectivity index (χ3v) is 5.53. The Morgan fingerprint density at radius 3 is 2.36 bits per heavy atom. The number of rotatable bonds is 12. The molecule has 3 rings (SSSR count). The summed E-state index contributed by atoms with van der Waals surface area (Å²) in [7, 11) is 0. The number of hydrogen-bond acceptors (Lipinski definition) is 4. The Morgan fingerprint density at radius 2 is 1.69 bits per heavy atom. The van der Waals surface area contributed by atoms with E-state index in [-0.39, 0.29) is 30.6 Å². The standard InChI is InChI=1S/C28H29F3O5/c1-3-20-17-24(12-9-21(20)10-14-27(32)33)35-19(2)15-16-34-25-13-11-22(28(29,30)31)18-26(25)36-23-7-5-4-6-8-23/h4-9,11-13,17-19H,3,10,14-16H2,1-2H3,(H,32,33)/t19-/m1/s1. The van der Waals surface area contributed by atoms with Gasteiger partial charge < -0.3 is 19.3 Å². The summed E-state index contributed by atoms with van der Waals surface area (Å²) in [4.78, 5) is 10.9. The van der Waals surface area contributed by atoms with E-state index in [1.165, 1.54) is 6.07 Å². The molecule has 0 amide bonds. The fourth-order valence-electron chi connectivity index (χ4n) is 3.62. The Kier molecular flexibility index (Phi) is 9.22. The highest BCUT2D eigenvalue weighted by Crippen LogP contribution is 2.38. The molecule has 5 nitrogen and oxygen atoms in total. The molecule has 0 saturated carbocycles. The summed E-state index contributed by atoms with van der Waals surface area (Å²) in [6.45, 7) is 4.08. The van der Waals surface area contributed by atoms with Gasteiger partial charge in [0.2, 0.25) is 0 Å². The van der Waals surface area contributed by atoms with Gasteiger partial charge in [-0.1, -0.05) is 31.2 Å². The zero-order valence-electron chi connectivity index (χ0n) is 20.2. The lowest BCUT2D eigenvalue weighted by Crippen LogP contribution is -2.16. The van der Waals surface area contributed by atoms with E-state index in [4.69, 9.17) is 19.3 Å². The molecule has 0 aromatic heterocycles. The van der Waals surface area contributed by atoms with Crippen molar-refractivity contribution in [3.63, 3.8) is 0 Å². The van der Waals surface area contributed by atoms with Crippen molar-refractivity contribution in [1.29, 1.82) is 0 Å². The van der Waals surface area contributed by atoms with Gasteiger partial charge in [-0.05, 0) is 73.4 Å². The van der Waals surface area contributed by atoms with Crippen molar-refractivity contribution in [3.05, 3.63) is 83.4 Å². The van der Waals surface area contributed by atoms with Gasteiger partial charge in [0.15, 0.2) is 11.5 Å². The molecule has 1 atom stereocenters. The topological polar surface area (TPSA) is 65.0 Å². The fourth-order valence-corrected chi connectivity index (χ4v) is 3.62. The molecule has 0 bridgehead atoms. The third kappa shape index (κ3) is 7.93. The summed E-state index contributed by atoms with van der Waals surface area (Å²) in [6.07, 6.45) is -2.97. The molecular weight excluding hydrogens is 473 g/mol. The van der Waals surface area contributed by atoms with Crippen LogP contribution in [0.3, 0.4) is 0 Å². The van der Waals surface area contributed by atoms with Gasteiger partial charge in [-0.2, -0.15) is 13.2 Å². The molecule has 0 aliphatic carbocycles. The first kappa shape index (κ1) is 26.9. The maximum absolute atomic E-state index is 13.2. The number of ether oxygens (including phenoxy) is 3. The smallest absolute Gasteiger partial charge is 0.416 e. The average Bonchev–Trinajstić information content (AvgIpc) is 2.84. The van der Waals surface area contributed by atoms with Gasteiger partial charge in [-0.25, -0.2) is 0 Å². The lowest BCUT2D eigenvalue weighted by Gasteiger charge is -2.18. The molecule has 0 radical (unpaired) electrons. The molecule has 192 valence electrons. The number of para-hydroxylation sites is 1. The van der Waals surface area contributed by atoms with Gasteiger partial charge in [-0.15, -0.1) is 0 Å². The van der Waals surface area contributed by atoms with E-state index in [2.05, 4.69) is 0 Å². The van der Waals surface area contributed by atoms with Crippen LogP contribution in [0.1, 0.15) is 43.4 Å². The number of halogens is 3. The van der Waals surface area contributed by atoms with Crippen LogP contribution in [0.5, 0.6) is 23.0 Å². The van der Waals surface area contributed by atoms with Crippen LogP contribution >= 0.6 is 0 Å². The highest BCUT2D eigenvalue weighted by Gasteiger charge is 2.31. The van der Waals surface area contributed by atoms with Crippen LogP contribution in [-0.4, -0.2) is 23.8 Å². The summed E-state index contributed by atoms with van der Waals surface area (Å²) < 4.78 is 57.1. The number of alkyl halides is 3. The van der Waals surface area contributed by atoms with E-state index >= 15 is 0 Å². The lowest BCUT2D eigenvalue weighted by molar-refractivity contribution is -0.138. The largest absolute Gasteiger partial charge is 0.491 e. The molecule has 1 N–H and O–H groups in total. The SMILES string of the molecule is CCc1cc(O[C@H](C)CCOc2ccc(C(F)(F)F)cc2Oc2ccccc2)ccc1CCC(=O)O. The average molecular weight is 503 g/mol. The zero-order chi connectivity index (χ0) is 26.1. The summed E-state index contributed by atoms with van der Waals surface area (Å²) in [5.41, 5.74) is 1.19. The normalized spacial score (nSPS) is 12.1. The second kappa shape index (κ2) is 12.3. The molecule has 0 fully saturated rings. The van der Waals surface area contributed by atoms with E-state index < -0.39 is 17.7 Å². The number of benzene rings is 3. The quantitative estimate of drug-likeness (QED) is 0.281. The van der Waals surface area contributed by atoms with Crippen molar-refractivity contribution in [2.45, 2.75) is 51.8 Å². The molecule has 0 aliphatic rings. The predicted octanol–water partition coefficient (Wildman–Crippen LogP) is 7.31. The Balaban J connectivity index is 1.62.